The van der Waals surface area contributed by atoms with Crippen LogP contribution in [0.25, 0.3) is 10.9 Å². The van der Waals surface area contributed by atoms with E-state index in [1.165, 1.54) is 5.56 Å². The summed E-state index contributed by atoms with van der Waals surface area (Å²) in [5.74, 6) is 0.696. The molecule has 6 heteroatoms. The van der Waals surface area contributed by atoms with Crippen molar-refractivity contribution in [3.05, 3.63) is 88.7 Å². The molecule has 0 saturated carbocycles. The van der Waals surface area contributed by atoms with Crippen molar-refractivity contribution < 1.29 is 4.79 Å². The van der Waals surface area contributed by atoms with E-state index in [0.717, 1.165) is 66.1 Å². The molecular weight excluding hydrogens is 410 g/mol. The molecule has 2 aromatic heterocycles. The quantitative estimate of drug-likeness (QED) is 0.476. The predicted molar refractivity (Wildman–Crippen MR) is 132 cm³/mol. The number of fused-ring (bicyclic) bond motifs is 1. The molecule has 33 heavy (non-hydrogen) atoms. The van der Waals surface area contributed by atoms with Crippen LogP contribution in [0.1, 0.15) is 45.7 Å². The van der Waals surface area contributed by atoms with Crippen molar-refractivity contribution in [1.82, 2.24) is 20.1 Å². The molecule has 0 atom stereocenters. The van der Waals surface area contributed by atoms with Crippen LogP contribution in [0.4, 0.5) is 5.82 Å². The van der Waals surface area contributed by atoms with Crippen molar-refractivity contribution in [3.8, 4) is 0 Å². The highest BCUT2D eigenvalue weighted by atomic mass is 16.1. The van der Waals surface area contributed by atoms with Gasteiger partial charge in [0, 0.05) is 36.3 Å². The molecule has 0 spiro atoms. The molecule has 1 amide bonds. The van der Waals surface area contributed by atoms with Gasteiger partial charge in [0.1, 0.15) is 5.82 Å². The lowest BCUT2D eigenvalue weighted by Crippen LogP contribution is -2.28. The van der Waals surface area contributed by atoms with Gasteiger partial charge in [0.2, 0.25) is 0 Å². The average Bonchev–Trinajstić information content (AvgIpc) is 3.46. The number of benzene rings is 2. The average molecular weight is 440 g/mol. The molecule has 0 radical (unpaired) electrons. The van der Waals surface area contributed by atoms with Crippen LogP contribution in [0.2, 0.25) is 0 Å². The molecule has 3 heterocycles. The molecule has 0 aliphatic carbocycles. The van der Waals surface area contributed by atoms with E-state index in [2.05, 4.69) is 29.3 Å². The van der Waals surface area contributed by atoms with E-state index >= 15 is 0 Å². The van der Waals surface area contributed by atoms with Crippen LogP contribution in [0.15, 0.2) is 60.7 Å². The molecule has 5 rings (SSSR count). The van der Waals surface area contributed by atoms with Gasteiger partial charge in [-0.05, 0) is 44.4 Å². The van der Waals surface area contributed by atoms with Gasteiger partial charge >= 0.3 is 0 Å². The van der Waals surface area contributed by atoms with E-state index in [9.17, 15) is 4.79 Å². The summed E-state index contributed by atoms with van der Waals surface area (Å²) in [4.78, 5) is 20.5. The minimum Gasteiger partial charge on any atom is -0.356 e. The van der Waals surface area contributed by atoms with Crippen molar-refractivity contribution in [2.75, 3.05) is 18.0 Å². The van der Waals surface area contributed by atoms with Gasteiger partial charge in [0.05, 0.1) is 23.3 Å². The van der Waals surface area contributed by atoms with Gasteiger partial charge < -0.3 is 10.2 Å². The lowest BCUT2D eigenvalue weighted by molar-refractivity contribution is 0.0951. The third-order valence-electron chi connectivity index (χ3n) is 6.49. The van der Waals surface area contributed by atoms with Crippen molar-refractivity contribution >= 4 is 22.6 Å². The Kier molecular flexibility index (Phi) is 5.82. The molecule has 6 nitrogen and oxygen atoms in total. The van der Waals surface area contributed by atoms with Crippen LogP contribution in [-0.4, -0.2) is 33.8 Å². The summed E-state index contributed by atoms with van der Waals surface area (Å²) in [5, 5.41) is 8.85. The number of hydrogen-bond acceptors (Lipinski definition) is 4. The number of pyridine rings is 1. The van der Waals surface area contributed by atoms with Crippen molar-refractivity contribution in [2.24, 2.45) is 0 Å². The Morgan fingerprint density at radius 1 is 1.00 bits per heavy atom. The molecule has 1 aliphatic rings. The molecule has 1 fully saturated rings. The standard InChI is InChI=1S/C27H29N5O/c1-19-24(20(2)32(30-19)18-21-10-4-3-5-11-21)17-28-27(33)23-16-22-12-6-7-13-25(22)29-26(23)31-14-8-9-15-31/h3-7,10-13,16H,8-9,14-15,17-18H2,1-2H3,(H,28,33). The summed E-state index contributed by atoms with van der Waals surface area (Å²) in [7, 11) is 0. The molecule has 1 N–H and O–H groups in total. The Balaban J connectivity index is 1.39. The molecule has 1 saturated heterocycles. The minimum absolute atomic E-state index is 0.0928. The number of carbonyl (C=O) groups is 1. The largest absolute Gasteiger partial charge is 0.356 e. The fourth-order valence-corrected chi connectivity index (χ4v) is 4.61. The summed E-state index contributed by atoms with van der Waals surface area (Å²) in [5.41, 5.74) is 5.85. The Hall–Kier alpha value is -3.67. The van der Waals surface area contributed by atoms with Crippen LogP contribution >= 0.6 is 0 Å². The van der Waals surface area contributed by atoms with Crippen LogP contribution < -0.4 is 10.2 Å². The normalized spacial score (nSPS) is 13.6. The second-order valence-corrected chi connectivity index (χ2v) is 8.72. The van der Waals surface area contributed by atoms with Gasteiger partial charge in [-0.3, -0.25) is 9.48 Å². The topological polar surface area (TPSA) is 63.1 Å². The number of para-hydroxylation sites is 1. The third kappa shape index (κ3) is 4.33. The highest BCUT2D eigenvalue weighted by Gasteiger charge is 2.22. The molecular formula is C27H29N5O. The monoisotopic (exact) mass is 439 g/mol. The molecule has 0 bridgehead atoms. The number of aryl methyl sites for hydroxylation is 1. The van der Waals surface area contributed by atoms with Crippen molar-refractivity contribution in [1.29, 1.82) is 0 Å². The minimum atomic E-state index is -0.0928. The second kappa shape index (κ2) is 9.06. The van der Waals surface area contributed by atoms with Gasteiger partial charge in [-0.15, -0.1) is 0 Å². The number of amides is 1. The maximum absolute atomic E-state index is 13.4. The number of aromatic nitrogens is 3. The Labute approximate surface area is 194 Å². The van der Waals surface area contributed by atoms with Crippen LogP contribution in [-0.2, 0) is 13.1 Å². The SMILES string of the molecule is Cc1nn(Cc2ccccc2)c(C)c1CNC(=O)c1cc2ccccc2nc1N1CCCC1. The number of nitrogens with zero attached hydrogens (tertiary/aromatic N) is 4. The maximum Gasteiger partial charge on any atom is 0.255 e. The number of hydrogen-bond donors (Lipinski definition) is 1. The first-order chi connectivity index (χ1) is 16.1. The van der Waals surface area contributed by atoms with E-state index < -0.39 is 0 Å². The van der Waals surface area contributed by atoms with Crippen molar-refractivity contribution in [2.45, 2.75) is 39.8 Å². The summed E-state index contributed by atoms with van der Waals surface area (Å²) in [6.07, 6.45) is 2.27. The van der Waals surface area contributed by atoms with Gasteiger partial charge in [-0.25, -0.2) is 4.98 Å². The Morgan fingerprint density at radius 2 is 1.73 bits per heavy atom. The number of nitrogens with one attached hydrogen (secondary N) is 1. The van der Waals surface area contributed by atoms with Gasteiger partial charge in [0.15, 0.2) is 0 Å². The summed E-state index contributed by atoms with van der Waals surface area (Å²) in [6.45, 7) is 7.11. The maximum atomic E-state index is 13.4. The first kappa shape index (κ1) is 21.2. The lowest BCUT2D eigenvalue weighted by Gasteiger charge is -2.20. The molecule has 4 aromatic rings. The van der Waals surface area contributed by atoms with Crippen LogP contribution in [0.5, 0.6) is 0 Å². The smallest absolute Gasteiger partial charge is 0.255 e. The fourth-order valence-electron chi connectivity index (χ4n) is 4.61. The van der Waals surface area contributed by atoms with E-state index in [1.54, 1.807) is 0 Å². The first-order valence-electron chi connectivity index (χ1n) is 11.6. The molecule has 0 unspecified atom stereocenters. The zero-order valence-electron chi connectivity index (χ0n) is 19.2. The zero-order valence-corrected chi connectivity index (χ0v) is 19.2. The zero-order chi connectivity index (χ0) is 22.8. The summed E-state index contributed by atoms with van der Waals surface area (Å²) in [6, 6.07) is 20.3. The Bertz CT molecular complexity index is 1290. The summed E-state index contributed by atoms with van der Waals surface area (Å²) >= 11 is 0. The van der Waals surface area contributed by atoms with E-state index in [-0.39, 0.29) is 5.91 Å². The van der Waals surface area contributed by atoms with E-state index in [0.29, 0.717) is 12.1 Å². The molecule has 1 aliphatic heterocycles. The fraction of sp³-hybridized carbons (Fsp3) is 0.296. The molecule has 168 valence electrons. The van der Waals surface area contributed by atoms with Crippen molar-refractivity contribution in [3.63, 3.8) is 0 Å². The Morgan fingerprint density at radius 3 is 2.52 bits per heavy atom. The predicted octanol–water partition coefficient (Wildman–Crippen LogP) is 4.63. The molecule has 2 aromatic carbocycles. The third-order valence-corrected chi connectivity index (χ3v) is 6.49. The number of carbonyl (C=O) groups excluding carboxylic acids is 1. The van der Waals surface area contributed by atoms with Crippen LogP contribution in [0.3, 0.4) is 0 Å². The van der Waals surface area contributed by atoms with Gasteiger partial charge in [-0.2, -0.15) is 5.10 Å². The number of anilines is 1. The van der Waals surface area contributed by atoms with Crippen LogP contribution in [0, 0.1) is 13.8 Å². The second-order valence-electron chi connectivity index (χ2n) is 8.72. The summed E-state index contributed by atoms with van der Waals surface area (Å²) < 4.78 is 2.01. The van der Waals surface area contributed by atoms with Gasteiger partial charge in [-0.1, -0.05) is 48.5 Å². The number of rotatable bonds is 6. The van der Waals surface area contributed by atoms with E-state index in [4.69, 9.17) is 10.1 Å². The first-order valence-corrected chi connectivity index (χ1v) is 11.6. The highest BCUT2D eigenvalue weighted by Crippen LogP contribution is 2.27. The lowest BCUT2D eigenvalue weighted by atomic mass is 10.1. The highest BCUT2D eigenvalue weighted by molar-refractivity contribution is 6.02. The van der Waals surface area contributed by atoms with Gasteiger partial charge in [0.25, 0.3) is 5.91 Å². The van der Waals surface area contributed by atoms with E-state index in [1.807, 2.05) is 60.1 Å².